The van der Waals surface area contributed by atoms with Crippen LogP contribution in [0.25, 0.3) is 11.0 Å². The van der Waals surface area contributed by atoms with Crippen LogP contribution in [0.3, 0.4) is 0 Å². The number of rotatable bonds is 7. The third-order valence-corrected chi connectivity index (χ3v) is 4.57. The Morgan fingerprint density at radius 3 is 2.77 bits per heavy atom. The van der Waals surface area contributed by atoms with Crippen molar-refractivity contribution in [3.05, 3.63) is 35.3 Å². The number of fused-ring (bicyclic) bond motifs is 1. The van der Waals surface area contributed by atoms with Crippen LogP contribution in [0.1, 0.15) is 55.6 Å². The SMILES string of the molecule is CCCCC[C@H](C)CNC(=S)NNC(=O)c1oc2c(F)cccc2c1C. The molecule has 0 spiro atoms. The molecule has 1 amide bonds. The summed E-state index contributed by atoms with van der Waals surface area (Å²) >= 11 is 5.17. The first-order valence-electron chi connectivity index (χ1n) is 8.95. The van der Waals surface area contributed by atoms with Gasteiger partial charge in [-0.1, -0.05) is 45.2 Å². The minimum Gasteiger partial charge on any atom is -0.447 e. The molecule has 26 heavy (non-hydrogen) atoms. The number of aryl methyl sites for hydroxylation is 1. The van der Waals surface area contributed by atoms with Gasteiger partial charge in [0.2, 0.25) is 0 Å². The maximum atomic E-state index is 13.8. The predicted molar refractivity (Wildman–Crippen MR) is 105 cm³/mol. The summed E-state index contributed by atoms with van der Waals surface area (Å²) in [5.41, 5.74) is 5.81. The number of para-hydroxylation sites is 1. The third kappa shape index (κ3) is 5.17. The normalized spacial score (nSPS) is 12.0. The summed E-state index contributed by atoms with van der Waals surface area (Å²) in [6.07, 6.45) is 4.79. The van der Waals surface area contributed by atoms with Crippen molar-refractivity contribution in [2.75, 3.05) is 6.54 Å². The Bertz CT molecular complexity index is 775. The van der Waals surface area contributed by atoms with Gasteiger partial charge < -0.3 is 9.73 Å². The van der Waals surface area contributed by atoms with Crippen molar-refractivity contribution in [3.8, 4) is 0 Å². The second-order valence-electron chi connectivity index (χ2n) is 6.56. The monoisotopic (exact) mass is 379 g/mol. The van der Waals surface area contributed by atoms with Crippen LogP contribution >= 0.6 is 12.2 Å². The molecule has 5 nitrogen and oxygen atoms in total. The smallest absolute Gasteiger partial charge is 0.305 e. The number of benzene rings is 1. The van der Waals surface area contributed by atoms with Gasteiger partial charge in [0.1, 0.15) is 0 Å². The summed E-state index contributed by atoms with van der Waals surface area (Å²) in [6, 6.07) is 4.60. The molecule has 1 heterocycles. The summed E-state index contributed by atoms with van der Waals surface area (Å²) in [5, 5.41) is 4.00. The number of furan rings is 1. The summed E-state index contributed by atoms with van der Waals surface area (Å²) < 4.78 is 19.2. The number of carbonyl (C=O) groups excluding carboxylic acids is 1. The van der Waals surface area contributed by atoms with Crippen molar-refractivity contribution in [2.24, 2.45) is 5.92 Å². The molecular weight excluding hydrogens is 353 g/mol. The van der Waals surface area contributed by atoms with E-state index in [0.717, 1.165) is 13.0 Å². The van der Waals surface area contributed by atoms with E-state index < -0.39 is 11.7 Å². The summed E-state index contributed by atoms with van der Waals surface area (Å²) in [4.78, 5) is 12.3. The van der Waals surface area contributed by atoms with Gasteiger partial charge in [-0.15, -0.1) is 0 Å². The van der Waals surface area contributed by atoms with Gasteiger partial charge in [-0.05, 0) is 37.5 Å². The van der Waals surface area contributed by atoms with Crippen molar-refractivity contribution >= 4 is 34.2 Å². The number of carbonyl (C=O) groups is 1. The molecule has 0 aliphatic carbocycles. The molecule has 1 aromatic heterocycles. The van der Waals surface area contributed by atoms with Gasteiger partial charge in [0, 0.05) is 17.5 Å². The topological polar surface area (TPSA) is 66.3 Å². The molecule has 0 saturated carbocycles. The summed E-state index contributed by atoms with van der Waals surface area (Å²) in [5.74, 6) is -0.434. The van der Waals surface area contributed by atoms with Gasteiger partial charge >= 0.3 is 5.91 Å². The number of hydrogen-bond acceptors (Lipinski definition) is 3. The number of thiocarbonyl (C=S) groups is 1. The molecule has 2 rings (SSSR count). The van der Waals surface area contributed by atoms with E-state index in [9.17, 15) is 9.18 Å². The van der Waals surface area contributed by atoms with E-state index in [-0.39, 0.29) is 11.3 Å². The molecule has 142 valence electrons. The quantitative estimate of drug-likeness (QED) is 0.382. The largest absolute Gasteiger partial charge is 0.447 e. The zero-order valence-corrected chi connectivity index (χ0v) is 16.3. The highest BCUT2D eigenvalue weighted by atomic mass is 32.1. The first-order chi connectivity index (χ1) is 12.4. The molecule has 0 aliphatic heterocycles. The Labute approximate surface area is 158 Å². The number of amides is 1. The van der Waals surface area contributed by atoms with Gasteiger partial charge in [0.05, 0.1) is 0 Å². The Hall–Kier alpha value is -2.15. The zero-order chi connectivity index (χ0) is 19.1. The highest BCUT2D eigenvalue weighted by Gasteiger charge is 2.19. The molecule has 7 heteroatoms. The van der Waals surface area contributed by atoms with E-state index in [1.807, 2.05) is 0 Å². The second kappa shape index (κ2) is 9.52. The van der Waals surface area contributed by atoms with Crippen LogP contribution in [-0.2, 0) is 0 Å². The minimum atomic E-state index is -0.502. The fourth-order valence-electron chi connectivity index (χ4n) is 2.75. The van der Waals surface area contributed by atoms with Crippen LogP contribution in [0.2, 0.25) is 0 Å². The molecule has 0 aliphatic rings. The third-order valence-electron chi connectivity index (χ3n) is 4.32. The molecule has 1 atom stereocenters. The molecule has 1 aromatic carbocycles. The van der Waals surface area contributed by atoms with E-state index in [0.29, 0.717) is 22.0 Å². The molecule has 2 aromatic rings. The van der Waals surface area contributed by atoms with Crippen LogP contribution in [0.15, 0.2) is 22.6 Å². The Morgan fingerprint density at radius 1 is 1.31 bits per heavy atom. The van der Waals surface area contributed by atoms with Gasteiger partial charge in [-0.2, -0.15) is 0 Å². The van der Waals surface area contributed by atoms with Crippen LogP contribution in [0, 0.1) is 18.7 Å². The molecule has 0 fully saturated rings. The standard InChI is InChI=1S/C19H26FN3O2S/c1-4-5-6-8-12(2)11-21-19(26)23-22-18(24)16-13(3)14-9-7-10-15(20)17(14)25-16/h7,9-10,12H,4-6,8,11H2,1-3H3,(H,22,24)(H2,21,23,26)/t12-/m0/s1. The van der Waals surface area contributed by atoms with E-state index in [1.54, 1.807) is 19.1 Å². The van der Waals surface area contributed by atoms with Gasteiger partial charge in [-0.3, -0.25) is 15.6 Å². The number of unbranched alkanes of at least 4 members (excludes halogenated alkanes) is 2. The minimum absolute atomic E-state index is 0.0633. The van der Waals surface area contributed by atoms with Crippen LogP contribution in [-0.4, -0.2) is 17.6 Å². The van der Waals surface area contributed by atoms with E-state index >= 15 is 0 Å². The molecule has 0 radical (unpaired) electrons. The number of halogens is 1. The lowest BCUT2D eigenvalue weighted by Gasteiger charge is -2.15. The lowest BCUT2D eigenvalue weighted by atomic mass is 10.0. The van der Waals surface area contributed by atoms with Crippen molar-refractivity contribution in [1.82, 2.24) is 16.2 Å². The van der Waals surface area contributed by atoms with Crippen molar-refractivity contribution in [1.29, 1.82) is 0 Å². The van der Waals surface area contributed by atoms with Crippen LogP contribution in [0.5, 0.6) is 0 Å². The Kier molecular flexibility index (Phi) is 7.38. The summed E-state index contributed by atoms with van der Waals surface area (Å²) in [6.45, 7) is 6.80. The van der Waals surface area contributed by atoms with Gasteiger partial charge in [0.25, 0.3) is 0 Å². The number of hydrogen-bond donors (Lipinski definition) is 3. The summed E-state index contributed by atoms with van der Waals surface area (Å²) in [7, 11) is 0. The van der Waals surface area contributed by atoms with Crippen molar-refractivity contribution in [2.45, 2.75) is 46.5 Å². The molecule has 0 bridgehead atoms. The van der Waals surface area contributed by atoms with Crippen LogP contribution in [0.4, 0.5) is 4.39 Å². The number of hydrazine groups is 1. The first kappa shape index (κ1) is 20.2. The second-order valence-corrected chi connectivity index (χ2v) is 6.97. The molecule has 0 unspecified atom stereocenters. The maximum Gasteiger partial charge on any atom is 0.305 e. The van der Waals surface area contributed by atoms with Crippen molar-refractivity contribution in [3.63, 3.8) is 0 Å². The van der Waals surface area contributed by atoms with Crippen molar-refractivity contribution < 1.29 is 13.6 Å². The van der Waals surface area contributed by atoms with Gasteiger partial charge in [-0.25, -0.2) is 4.39 Å². The number of nitrogens with one attached hydrogen (secondary N) is 3. The van der Waals surface area contributed by atoms with E-state index in [2.05, 4.69) is 30.0 Å². The highest BCUT2D eigenvalue weighted by molar-refractivity contribution is 7.80. The molecular formula is C19H26FN3O2S. The van der Waals surface area contributed by atoms with Gasteiger partial charge in [0.15, 0.2) is 22.3 Å². The maximum absolute atomic E-state index is 13.8. The fraction of sp³-hybridized carbons (Fsp3) is 0.474. The molecule has 0 saturated heterocycles. The fourth-order valence-corrected chi connectivity index (χ4v) is 2.89. The average molecular weight is 380 g/mol. The first-order valence-corrected chi connectivity index (χ1v) is 9.36. The lowest BCUT2D eigenvalue weighted by Crippen LogP contribution is -2.47. The zero-order valence-electron chi connectivity index (χ0n) is 15.4. The Morgan fingerprint density at radius 2 is 2.08 bits per heavy atom. The van der Waals surface area contributed by atoms with Crippen LogP contribution < -0.4 is 16.2 Å². The highest BCUT2D eigenvalue weighted by Crippen LogP contribution is 2.26. The Balaban J connectivity index is 1.84. The van der Waals surface area contributed by atoms with E-state index in [4.69, 9.17) is 16.6 Å². The predicted octanol–water partition coefficient (Wildman–Crippen LogP) is 4.21. The van der Waals surface area contributed by atoms with E-state index in [1.165, 1.54) is 25.3 Å². The lowest BCUT2D eigenvalue weighted by molar-refractivity contribution is 0.0917. The average Bonchev–Trinajstić information content (AvgIpc) is 2.96. The molecule has 3 N–H and O–H groups in total.